The van der Waals surface area contributed by atoms with Gasteiger partial charge in [-0.3, -0.25) is 9.59 Å². The van der Waals surface area contributed by atoms with Crippen LogP contribution >= 0.6 is 15.9 Å². The predicted octanol–water partition coefficient (Wildman–Crippen LogP) is 0.618. The fourth-order valence-corrected chi connectivity index (χ4v) is 1.07. The van der Waals surface area contributed by atoms with Crippen molar-refractivity contribution in [3.63, 3.8) is 0 Å². The van der Waals surface area contributed by atoms with Gasteiger partial charge in [0.1, 0.15) is 18.0 Å². The van der Waals surface area contributed by atoms with E-state index in [0.717, 1.165) is 0 Å². The van der Waals surface area contributed by atoms with E-state index in [4.69, 9.17) is 0 Å². The highest BCUT2D eigenvalue weighted by atomic mass is 79.9. The molecular formula is C8H11BrF3NO4. The third-order valence-electron chi connectivity index (χ3n) is 1.43. The maximum Gasteiger partial charge on any atom is 0.411 e. The lowest BCUT2D eigenvalue weighted by atomic mass is 10.4. The standard InChI is InChI=1S/C8H11BrF3NO4/c1-16-7(15)5(9)2-13-6(14)3-17-4-8(10,11)12/h5H,2-4H2,1H3,(H,13,14). The number of methoxy groups -OCH3 is 1. The smallest absolute Gasteiger partial charge is 0.411 e. The summed E-state index contributed by atoms with van der Waals surface area (Å²) < 4.78 is 43.4. The number of halogens is 4. The molecule has 100 valence electrons. The van der Waals surface area contributed by atoms with Gasteiger partial charge in [-0.2, -0.15) is 13.2 Å². The number of ether oxygens (including phenoxy) is 2. The largest absolute Gasteiger partial charge is 0.468 e. The Hall–Kier alpha value is -0.830. The van der Waals surface area contributed by atoms with Gasteiger partial charge in [-0.15, -0.1) is 0 Å². The van der Waals surface area contributed by atoms with Crippen molar-refractivity contribution in [2.45, 2.75) is 11.0 Å². The third kappa shape index (κ3) is 8.93. The van der Waals surface area contributed by atoms with Gasteiger partial charge in [0.2, 0.25) is 5.91 Å². The van der Waals surface area contributed by atoms with Crippen LogP contribution in [0.25, 0.3) is 0 Å². The molecule has 0 spiro atoms. The number of esters is 1. The minimum Gasteiger partial charge on any atom is -0.468 e. The van der Waals surface area contributed by atoms with Crippen LogP contribution in [0.4, 0.5) is 13.2 Å². The summed E-state index contributed by atoms with van der Waals surface area (Å²) in [5, 5.41) is 2.20. The van der Waals surface area contributed by atoms with Crippen molar-refractivity contribution in [2.24, 2.45) is 0 Å². The van der Waals surface area contributed by atoms with E-state index in [1.54, 1.807) is 0 Å². The quantitative estimate of drug-likeness (QED) is 0.575. The van der Waals surface area contributed by atoms with Crippen molar-refractivity contribution in [3.05, 3.63) is 0 Å². The molecule has 0 heterocycles. The number of carbonyl (C=O) groups is 2. The second kappa shape index (κ2) is 7.49. The van der Waals surface area contributed by atoms with E-state index >= 15 is 0 Å². The van der Waals surface area contributed by atoms with E-state index in [1.165, 1.54) is 7.11 Å². The Morgan fingerprint density at radius 3 is 2.47 bits per heavy atom. The minimum absolute atomic E-state index is 0.0963. The van der Waals surface area contributed by atoms with Crippen molar-refractivity contribution in [2.75, 3.05) is 26.9 Å². The van der Waals surface area contributed by atoms with Crippen molar-refractivity contribution >= 4 is 27.8 Å². The van der Waals surface area contributed by atoms with Crippen molar-refractivity contribution < 1.29 is 32.2 Å². The monoisotopic (exact) mass is 321 g/mol. The second-order valence-corrected chi connectivity index (χ2v) is 4.01. The van der Waals surface area contributed by atoms with Crippen LogP contribution in [-0.4, -0.2) is 49.7 Å². The molecule has 5 nitrogen and oxygen atoms in total. The average molecular weight is 322 g/mol. The average Bonchev–Trinajstić information content (AvgIpc) is 2.22. The molecule has 1 unspecified atom stereocenters. The summed E-state index contributed by atoms with van der Waals surface area (Å²) in [5.74, 6) is -1.34. The molecule has 0 fully saturated rings. The third-order valence-corrected chi connectivity index (χ3v) is 2.13. The Morgan fingerprint density at radius 2 is 2.00 bits per heavy atom. The molecule has 0 radical (unpaired) electrons. The Bertz CT molecular complexity index is 272. The number of alkyl halides is 4. The van der Waals surface area contributed by atoms with Crippen LogP contribution in [0.1, 0.15) is 0 Å². The fraction of sp³-hybridized carbons (Fsp3) is 0.750. The van der Waals surface area contributed by atoms with Crippen molar-refractivity contribution in [3.8, 4) is 0 Å². The Morgan fingerprint density at radius 1 is 1.41 bits per heavy atom. The van der Waals surface area contributed by atoms with E-state index in [1.807, 2.05) is 0 Å². The molecule has 17 heavy (non-hydrogen) atoms. The summed E-state index contributed by atoms with van der Waals surface area (Å²) in [6, 6.07) is 0. The maximum absolute atomic E-state index is 11.6. The molecule has 1 amide bonds. The first-order valence-corrected chi connectivity index (χ1v) is 5.31. The lowest BCUT2D eigenvalue weighted by molar-refractivity contribution is -0.175. The second-order valence-electron chi connectivity index (χ2n) is 2.90. The van der Waals surface area contributed by atoms with Gasteiger partial charge in [-0.25, -0.2) is 0 Å². The summed E-state index contributed by atoms with van der Waals surface area (Å²) >= 11 is 2.92. The molecular weight excluding hydrogens is 311 g/mol. The van der Waals surface area contributed by atoms with Crippen LogP contribution in [0.3, 0.4) is 0 Å². The van der Waals surface area contributed by atoms with Crippen molar-refractivity contribution in [1.29, 1.82) is 0 Å². The van der Waals surface area contributed by atoms with Gasteiger partial charge < -0.3 is 14.8 Å². The van der Waals surface area contributed by atoms with Gasteiger partial charge in [0.15, 0.2) is 0 Å². The van der Waals surface area contributed by atoms with E-state index < -0.39 is 36.1 Å². The Kier molecular flexibility index (Phi) is 7.12. The molecule has 0 saturated carbocycles. The molecule has 0 saturated heterocycles. The highest BCUT2D eigenvalue weighted by Crippen LogP contribution is 2.14. The zero-order chi connectivity index (χ0) is 13.5. The number of amides is 1. The summed E-state index contributed by atoms with van der Waals surface area (Å²) in [6.45, 7) is -2.31. The number of carbonyl (C=O) groups excluding carboxylic acids is 2. The fourth-order valence-electron chi connectivity index (χ4n) is 0.725. The first-order valence-electron chi connectivity index (χ1n) is 4.39. The lowest BCUT2D eigenvalue weighted by Gasteiger charge is -2.10. The van der Waals surface area contributed by atoms with E-state index in [9.17, 15) is 22.8 Å². The van der Waals surface area contributed by atoms with E-state index in [-0.39, 0.29) is 6.54 Å². The van der Waals surface area contributed by atoms with Crippen LogP contribution in [0.5, 0.6) is 0 Å². The molecule has 0 aliphatic heterocycles. The summed E-state index contributed by atoms with van der Waals surface area (Å²) in [6.07, 6.45) is -4.47. The Labute approximate surface area is 104 Å². The van der Waals surface area contributed by atoms with Gasteiger partial charge in [0.05, 0.1) is 7.11 Å². The van der Waals surface area contributed by atoms with Crippen LogP contribution in [0, 0.1) is 0 Å². The zero-order valence-corrected chi connectivity index (χ0v) is 10.4. The van der Waals surface area contributed by atoms with Gasteiger partial charge in [0.25, 0.3) is 0 Å². The first-order chi connectivity index (χ1) is 7.76. The lowest BCUT2D eigenvalue weighted by Crippen LogP contribution is -2.36. The molecule has 0 aliphatic carbocycles. The number of hydrogen-bond acceptors (Lipinski definition) is 4. The minimum atomic E-state index is -4.47. The maximum atomic E-state index is 11.6. The van der Waals surface area contributed by atoms with Gasteiger partial charge in [-0.1, -0.05) is 15.9 Å². The molecule has 0 aromatic rings. The summed E-state index contributed by atoms with van der Waals surface area (Å²) in [7, 11) is 1.17. The molecule has 0 bridgehead atoms. The number of rotatable bonds is 6. The number of nitrogens with one attached hydrogen (secondary N) is 1. The SMILES string of the molecule is COC(=O)C(Br)CNC(=O)COCC(F)(F)F. The topological polar surface area (TPSA) is 64.6 Å². The van der Waals surface area contributed by atoms with Crippen molar-refractivity contribution in [1.82, 2.24) is 5.32 Å². The molecule has 1 atom stereocenters. The normalized spacial score (nSPS) is 13.0. The molecule has 0 rings (SSSR count). The van der Waals surface area contributed by atoms with Crippen LogP contribution in [-0.2, 0) is 19.1 Å². The number of hydrogen-bond donors (Lipinski definition) is 1. The Balaban J connectivity index is 3.70. The van der Waals surface area contributed by atoms with Gasteiger partial charge in [-0.05, 0) is 0 Å². The highest BCUT2D eigenvalue weighted by molar-refractivity contribution is 9.10. The molecule has 0 aliphatic rings. The molecule has 0 aromatic carbocycles. The van der Waals surface area contributed by atoms with Crippen LogP contribution in [0.2, 0.25) is 0 Å². The predicted molar refractivity (Wildman–Crippen MR) is 54.6 cm³/mol. The van der Waals surface area contributed by atoms with Crippen LogP contribution in [0.15, 0.2) is 0 Å². The summed E-state index contributed by atoms with van der Waals surface area (Å²) in [5.41, 5.74) is 0. The van der Waals surface area contributed by atoms with E-state index in [2.05, 4.69) is 30.7 Å². The zero-order valence-electron chi connectivity index (χ0n) is 8.84. The molecule has 9 heteroatoms. The van der Waals surface area contributed by atoms with E-state index in [0.29, 0.717) is 0 Å². The molecule has 0 aromatic heterocycles. The first kappa shape index (κ1) is 16.2. The van der Waals surface area contributed by atoms with Crippen LogP contribution < -0.4 is 5.32 Å². The van der Waals surface area contributed by atoms with Gasteiger partial charge in [0, 0.05) is 6.54 Å². The molecule has 1 N–H and O–H groups in total. The van der Waals surface area contributed by atoms with Gasteiger partial charge >= 0.3 is 12.1 Å². The highest BCUT2D eigenvalue weighted by Gasteiger charge is 2.27. The summed E-state index contributed by atoms with van der Waals surface area (Å²) in [4.78, 5) is 21.1.